The third-order valence-corrected chi connectivity index (χ3v) is 3.40. The fraction of sp³-hybridized carbons (Fsp3) is 0.571. The van der Waals surface area contributed by atoms with Gasteiger partial charge in [0.2, 0.25) is 0 Å². The average Bonchev–Trinajstić information content (AvgIpc) is 2.40. The minimum absolute atomic E-state index is 0.0924. The van der Waals surface area contributed by atoms with E-state index < -0.39 is 5.82 Å². The van der Waals surface area contributed by atoms with E-state index in [2.05, 4.69) is 15.6 Å². The van der Waals surface area contributed by atoms with Crippen molar-refractivity contribution < 1.29 is 13.9 Å². The first kappa shape index (κ1) is 14.7. The summed E-state index contributed by atoms with van der Waals surface area (Å²) in [6, 6.07) is 1.31. The van der Waals surface area contributed by atoms with Crippen LogP contribution in [0.15, 0.2) is 12.3 Å². The maximum Gasteiger partial charge on any atom is 0.255 e. The van der Waals surface area contributed by atoms with Crippen molar-refractivity contribution in [1.82, 2.24) is 10.3 Å². The fourth-order valence-corrected chi connectivity index (χ4v) is 2.14. The molecule has 2 rings (SSSR count). The van der Waals surface area contributed by atoms with Crippen molar-refractivity contribution in [3.63, 3.8) is 0 Å². The van der Waals surface area contributed by atoms with Crippen LogP contribution < -0.4 is 10.6 Å². The molecule has 0 atom stereocenters. The standard InChI is InChI=1S/C14H20FN3O2/c1-3-4-16-13-12(5-9(15)8-17-13)14(19)18-10-6-11(7-10)20-2/h5,8,10-11H,3-4,6-7H2,1-2H3,(H,16,17)(H,18,19). The van der Waals surface area contributed by atoms with Crippen molar-refractivity contribution >= 4 is 11.7 Å². The Kier molecular flexibility index (Phi) is 4.89. The summed E-state index contributed by atoms with van der Waals surface area (Å²) < 4.78 is 18.5. The Morgan fingerprint density at radius 1 is 1.55 bits per heavy atom. The summed E-state index contributed by atoms with van der Waals surface area (Å²) in [5.41, 5.74) is 0.249. The Bertz CT molecular complexity index is 475. The predicted octanol–water partition coefficient (Wildman–Crippen LogP) is 1.95. The molecule has 5 nitrogen and oxygen atoms in total. The summed E-state index contributed by atoms with van der Waals surface area (Å²) in [6.45, 7) is 2.70. The average molecular weight is 281 g/mol. The van der Waals surface area contributed by atoms with Crippen LogP contribution in [0.3, 0.4) is 0 Å². The van der Waals surface area contributed by atoms with Crippen LogP contribution in [0.1, 0.15) is 36.5 Å². The molecule has 6 heteroatoms. The number of carbonyl (C=O) groups is 1. The molecular formula is C14H20FN3O2. The second kappa shape index (κ2) is 6.65. The third kappa shape index (κ3) is 3.45. The first-order valence-electron chi connectivity index (χ1n) is 6.87. The molecule has 0 aliphatic heterocycles. The summed E-state index contributed by atoms with van der Waals surface area (Å²) in [6.07, 6.45) is 3.81. The normalized spacial score (nSPS) is 21.1. The molecule has 1 amide bonds. The van der Waals surface area contributed by atoms with Crippen LogP contribution in [-0.4, -0.2) is 36.7 Å². The van der Waals surface area contributed by atoms with E-state index in [1.54, 1.807) is 7.11 Å². The van der Waals surface area contributed by atoms with Crippen molar-refractivity contribution in [3.8, 4) is 0 Å². The highest BCUT2D eigenvalue weighted by molar-refractivity contribution is 5.98. The van der Waals surface area contributed by atoms with Gasteiger partial charge in [-0.15, -0.1) is 0 Å². The number of hydrogen-bond acceptors (Lipinski definition) is 4. The molecule has 0 radical (unpaired) electrons. The van der Waals surface area contributed by atoms with Crippen molar-refractivity contribution in [2.24, 2.45) is 0 Å². The number of nitrogens with one attached hydrogen (secondary N) is 2. The number of methoxy groups -OCH3 is 1. The first-order valence-corrected chi connectivity index (χ1v) is 6.87. The predicted molar refractivity (Wildman–Crippen MR) is 74.3 cm³/mol. The summed E-state index contributed by atoms with van der Waals surface area (Å²) in [4.78, 5) is 16.1. The van der Waals surface area contributed by atoms with E-state index in [4.69, 9.17) is 4.74 Å². The smallest absolute Gasteiger partial charge is 0.255 e. The van der Waals surface area contributed by atoms with Gasteiger partial charge in [0.15, 0.2) is 0 Å². The van der Waals surface area contributed by atoms with Crippen molar-refractivity contribution in [1.29, 1.82) is 0 Å². The maximum absolute atomic E-state index is 13.3. The number of hydrogen-bond donors (Lipinski definition) is 2. The van der Waals surface area contributed by atoms with E-state index in [1.165, 1.54) is 6.07 Å². The number of anilines is 1. The van der Waals surface area contributed by atoms with Crippen molar-refractivity contribution in [2.75, 3.05) is 19.0 Å². The number of nitrogens with zero attached hydrogens (tertiary/aromatic N) is 1. The minimum atomic E-state index is -0.513. The lowest BCUT2D eigenvalue weighted by molar-refractivity contribution is 0.0176. The zero-order valence-electron chi connectivity index (χ0n) is 11.8. The second-order valence-corrected chi connectivity index (χ2v) is 4.98. The van der Waals surface area contributed by atoms with Gasteiger partial charge in [-0.3, -0.25) is 4.79 Å². The van der Waals surface area contributed by atoms with E-state index in [0.717, 1.165) is 25.5 Å². The number of carbonyl (C=O) groups excluding carboxylic acids is 1. The molecular weight excluding hydrogens is 261 g/mol. The number of amides is 1. The highest BCUT2D eigenvalue weighted by Crippen LogP contribution is 2.23. The van der Waals surface area contributed by atoms with Gasteiger partial charge in [-0.25, -0.2) is 9.37 Å². The monoisotopic (exact) mass is 281 g/mol. The molecule has 0 spiro atoms. The topological polar surface area (TPSA) is 63.2 Å². The Morgan fingerprint density at radius 3 is 2.95 bits per heavy atom. The van der Waals surface area contributed by atoms with Gasteiger partial charge in [-0.05, 0) is 25.3 Å². The molecule has 0 saturated heterocycles. The number of rotatable bonds is 6. The van der Waals surface area contributed by atoms with Gasteiger partial charge >= 0.3 is 0 Å². The summed E-state index contributed by atoms with van der Waals surface area (Å²) >= 11 is 0. The molecule has 2 N–H and O–H groups in total. The molecule has 1 aromatic rings. The Labute approximate surface area is 117 Å². The van der Waals surface area contributed by atoms with E-state index in [1.807, 2.05) is 6.92 Å². The summed E-state index contributed by atoms with van der Waals surface area (Å²) in [5, 5.41) is 5.91. The van der Waals surface area contributed by atoms with E-state index in [-0.39, 0.29) is 23.6 Å². The fourth-order valence-electron chi connectivity index (χ4n) is 2.14. The molecule has 1 fully saturated rings. The quantitative estimate of drug-likeness (QED) is 0.836. The van der Waals surface area contributed by atoms with Crippen molar-refractivity contribution in [3.05, 3.63) is 23.6 Å². The molecule has 1 aromatic heterocycles. The van der Waals surface area contributed by atoms with Gasteiger partial charge in [-0.2, -0.15) is 0 Å². The number of ether oxygens (including phenoxy) is 1. The van der Waals surface area contributed by atoms with Gasteiger partial charge < -0.3 is 15.4 Å². The summed E-state index contributed by atoms with van der Waals surface area (Å²) in [5.74, 6) is -0.385. The Hall–Kier alpha value is -1.69. The molecule has 1 heterocycles. The first-order chi connectivity index (χ1) is 9.63. The van der Waals surface area contributed by atoms with Crippen LogP contribution in [0.25, 0.3) is 0 Å². The van der Waals surface area contributed by atoms with Crippen LogP contribution in [0.5, 0.6) is 0 Å². The van der Waals surface area contributed by atoms with Crippen LogP contribution in [0.2, 0.25) is 0 Å². The van der Waals surface area contributed by atoms with Crippen LogP contribution in [0, 0.1) is 5.82 Å². The molecule has 1 saturated carbocycles. The molecule has 0 unspecified atom stereocenters. The SMILES string of the molecule is CCCNc1ncc(F)cc1C(=O)NC1CC(OC)C1. The number of aromatic nitrogens is 1. The zero-order chi connectivity index (χ0) is 14.5. The van der Waals surface area contributed by atoms with Gasteiger partial charge in [0.1, 0.15) is 11.6 Å². The lowest BCUT2D eigenvalue weighted by atomic mass is 9.89. The van der Waals surface area contributed by atoms with E-state index in [9.17, 15) is 9.18 Å². The van der Waals surface area contributed by atoms with Gasteiger partial charge in [0, 0.05) is 19.7 Å². The van der Waals surface area contributed by atoms with Crippen LogP contribution in [0.4, 0.5) is 10.2 Å². The van der Waals surface area contributed by atoms with Gasteiger partial charge in [0.05, 0.1) is 17.9 Å². The van der Waals surface area contributed by atoms with Crippen LogP contribution >= 0.6 is 0 Å². The molecule has 1 aliphatic carbocycles. The van der Waals surface area contributed by atoms with Crippen LogP contribution in [-0.2, 0) is 4.74 Å². The molecule has 0 aromatic carbocycles. The third-order valence-electron chi connectivity index (χ3n) is 3.40. The van der Waals surface area contributed by atoms with Gasteiger partial charge in [0.25, 0.3) is 5.91 Å². The molecule has 1 aliphatic rings. The number of halogens is 1. The van der Waals surface area contributed by atoms with Crippen molar-refractivity contribution in [2.45, 2.75) is 38.3 Å². The lowest BCUT2D eigenvalue weighted by Gasteiger charge is -2.34. The zero-order valence-corrected chi connectivity index (χ0v) is 11.8. The molecule has 0 bridgehead atoms. The Morgan fingerprint density at radius 2 is 2.30 bits per heavy atom. The minimum Gasteiger partial charge on any atom is -0.381 e. The highest BCUT2D eigenvalue weighted by Gasteiger charge is 2.31. The molecule has 110 valence electrons. The summed E-state index contributed by atoms with van der Waals surface area (Å²) in [7, 11) is 1.66. The van der Waals surface area contributed by atoms with E-state index >= 15 is 0 Å². The van der Waals surface area contributed by atoms with E-state index in [0.29, 0.717) is 12.4 Å². The molecule has 20 heavy (non-hydrogen) atoms. The second-order valence-electron chi connectivity index (χ2n) is 4.98. The number of pyridine rings is 1. The maximum atomic E-state index is 13.3. The highest BCUT2D eigenvalue weighted by atomic mass is 19.1. The van der Waals surface area contributed by atoms with Gasteiger partial charge in [-0.1, -0.05) is 6.92 Å². The largest absolute Gasteiger partial charge is 0.381 e. The lowest BCUT2D eigenvalue weighted by Crippen LogP contribution is -2.47. The Balaban J connectivity index is 2.02.